The quantitative estimate of drug-likeness (QED) is 0.829. The van der Waals surface area contributed by atoms with E-state index in [4.69, 9.17) is 4.74 Å². The molecule has 0 aromatic carbocycles. The molecule has 0 bridgehead atoms. The Morgan fingerprint density at radius 2 is 2.17 bits per heavy atom. The first-order valence-electron chi connectivity index (χ1n) is 7.30. The number of carboxylic acids is 1. The zero-order valence-corrected chi connectivity index (χ0v) is 11.0. The number of hydrogen-bond donors (Lipinski definition) is 1. The van der Waals surface area contributed by atoms with Gasteiger partial charge in [0.05, 0.1) is 6.10 Å². The average Bonchev–Trinajstić information content (AvgIpc) is 2.80. The lowest BCUT2D eigenvalue weighted by Gasteiger charge is -2.43. The smallest absolute Gasteiger partial charge is 0.321 e. The van der Waals surface area contributed by atoms with Gasteiger partial charge >= 0.3 is 5.97 Å². The molecule has 0 aromatic heterocycles. The topological polar surface area (TPSA) is 49.8 Å². The van der Waals surface area contributed by atoms with E-state index in [-0.39, 0.29) is 6.04 Å². The summed E-state index contributed by atoms with van der Waals surface area (Å²) in [6.07, 6.45) is 5.98. The number of aliphatic carboxylic acids is 1. The molecule has 3 unspecified atom stereocenters. The van der Waals surface area contributed by atoms with E-state index in [1.54, 1.807) is 0 Å². The van der Waals surface area contributed by atoms with Crippen LogP contribution in [0.15, 0.2) is 0 Å². The molecule has 1 N–H and O–H groups in total. The van der Waals surface area contributed by atoms with Crippen molar-refractivity contribution >= 4 is 5.97 Å². The summed E-state index contributed by atoms with van der Waals surface area (Å²) in [6.45, 7) is 3.80. The molecular weight excluding hydrogens is 230 g/mol. The molecule has 1 heterocycles. The van der Waals surface area contributed by atoms with Gasteiger partial charge in [0.15, 0.2) is 0 Å². The van der Waals surface area contributed by atoms with Crippen LogP contribution in [0.4, 0.5) is 0 Å². The summed E-state index contributed by atoms with van der Waals surface area (Å²) in [4.78, 5) is 13.8. The van der Waals surface area contributed by atoms with Crippen molar-refractivity contribution in [3.63, 3.8) is 0 Å². The first-order valence-corrected chi connectivity index (χ1v) is 7.30. The predicted molar refractivity (Wildman–Crippen MR) is 67.4 cm³/mol. The van der Waals surface area contributed by atoms with Crippen molar-refractivity contribution < 1.29 is 14.6 Å². The zero-order chi connectivity index (χ0) is 12.7. The maximum atomic E-state index is 11.5. The third-order valence-corrected chi connectivity index (χ3v) is 5.12. The fourth-order valence-electron chi connectivity index (χ4n) is 4.22. The molecule has 0 aromatic rings. The maximum Gasteiger partial charge on any atom is 0.321 e. The van der Waals surface area contributed by atoms with Gasteiger partial charge in [-0.1, -0.05) is 6.42 Å². The molecule has 3 aliphatic rings. The maximum absolute atomic E-state index is 11.5. The zero-order valence-electron chi connectivity index (χ0n) is 11.0. The van der Waals surface area contributed by atoms with Crippen LogP contribution in [0.5, 0.6) is 0 Å². The normalized spacial score (nSPS) is 43.7. The Morgan fingerprint density at radius 3 is 2.83 bits per heavy atom. The van der Waals surface area contributed by atoms with Gasteiger partial charge in [0.1, 0.15) is 6.04 Å². The monoisotopic (exact) mass is 253 g/mol. The van der Waals surface area contributed by atoms with Crippen molar-refractivity contribution in [2.45, 2.75) is 57.2 Å². The van der Waals surface area contributed by atoms with E-state index in [9.17, 15) is 9.90 Å². The lowest BCUT2D eigenvalue weighted by Crippen LogP contribution is -2.53. The second kappa shape index (κ2) is 4.82. The van der Waals surface area contributed by atoms with E-state index in [2.05, 4.69) is 4.90 Å². The van der Waals surface area contributed by atoms with Crippen LogP contribution in [0.3, 0.4) is 0 Å². The van der Waals surface area contributed by atoms with Gasteiger partial charge in [-0.15, -0.1) is 0 Å². The Balaban J connectivity index is 1.64. The number of likely N-dealkylation sites (tertiary alicyclic amines) is 1. The Hall–Kier alpha value is -0.610. The summed E-state index contributed by atoms with van der Waals surface area (Å²) in [5.41, 5.74) is 0. The van der Waals surface area contributed by atoms with Crippen molar-refractivity contribution in [3.8, 4) is 0 Å². The van der Waals surface area contributed by atoms with E-state index in [0.717, 1.165) is 32.4 Å². The van der Waals surface area contributed by atoms with Gasteiger partial charge in [0.25, 0.3) is 0 Å². The van der Waals surface area contributed by atoms with Crippen LogP contribution in [-0.4, -0.2) is 47.3 Å². The van der Waals surface area contributed by atoms with Crippen LogP contribution >= 0.6 is 0 Å². The van der Waals surface area contributed by atoms with E-state index in [0.29, 0.717) is 24.0 Å². The Bertz CT molecular complexity index is 327. The van der Waals surface area contributed by atoms with Crippen molar-refractivity contribution in [1.29, 1.82) is 0 Å². The number of ether oxygens (including phenoxy) is 1. The average molecular weight is 253 g/mol. The molecule has 102 valence electrons. The molecular formula is C14H23NO3. The SMILES string of the molecule is CCOC1CC(N2CC3CCCC3C2C(=O)O)C1. The van der Waals surface area contributed by atoms with Gasteiger partial charge in [-0.3, -0.25) is 9.69 Å². The molecule has 3 rings (SSSR count). The minimum Gasteiger partial charge on any atom is -0.480 e. The molecule has 0 spiro atoms. The second-order valence-corrected chi connectivity index (χ2v) is 6.04. The van der Waals surface area contributed by atoms with Gasteiger partial charge in [-0.25, -0.2) is 0 Å². The Labute approximate surface area is 108 Å². The first-order chi connectivity index (χ1) is 8.70. The predicted octanol–water partition coefficient (Wildman–Crippen LogP) is 1.74. The van der Waals surface area contributed by atoms with Gasteiger partial charge in [0, 0.05) is 19.2 Å². The van der Waals surface area contributed by atoms with Crippen molar-refractivity contribution in [2.24, 2.45) is 11.8 Å². The van der Waals surface area contributed by atoms with Crippen molar-refractivity contribution in [3.05, 3.63) is 0 Å². The molecule has 3 atom stereocenters. The number of nitrogens with zero attached hydrogens (tertiary/aromatic N) is 1. The van der Waals surface area contributed by atoms with E-state index < -0.39 is 5.97 Å². The second-order valence-electron chi connectivity index (χ2n) is 6.04. The number of rotatable bonds is 4. The van der Waals surface area contributed by atoms with Crippen LogP contribution in [0.2, 0.25) is 0 Å². The highest BCUT2D eigenvalue weighted by Gasteiger charge is 2.51. The van der Waals surface area contributed by atoms with Crippen LogP contribution in [-0.2, 0) is 9.53 Å². The summed E-state index contributed by atoms with van der Waals surface area (Å²) in [5.74, 6) is 0.440. The summed E-state index contributed by atoms with van der Waals surface area (Å²) in [6, 6.07) is 0.235. The Morgan fingerprint density at radius 1 is 1.39 bits per heavy atom. The molecule has 1 saturated heterocycles. The number of carboxylic acid groups (broad SMARTS) is 1. The summed E-state index contributed by atoms with van der Waals surface area (Å²) >= 11 is 0. The molecule has 4 heteroatoms. The molecule has 1 aliphatic heterocycles. The third-order valence-electron chi connectivity index (χ3n) is 5.12. The highest BCUT2D eigenvalue weighted by Crippen LogP contribution is 2.45. The molecule has 2 aliphatic carbocycles. The molecule has 4 nitrogen and oxygen atoms in total. The van der Waals surface area contributed by atoms with Crippen molar-refractivity contribution in [1.82, 2.24) is 4.90 Å². The molecule has 0 amide bonds. The summed E-state index contributed by atoms with van der Waals surface area (Å²) < 4.78 is 5.58. The first kappa shape index (κ1) is 12.4. The summed E-state index contributed by atoms with van der Waals surface area (Å²) in [5, 5.41) is 9.50. The minimum atomic E-state index is -0.607. The summed E-state index contributed by atoms with van der Waals surface area (Å²) in [7, 11) is 0. The van der Waals surface area contributed by atoms with Crippen LogP contribution in [0.25, 0.3) is 0 Å². The number of hydrogen-bond acceptors (Lipinski definition) is 3. The lowest BCUT2D eigenvalue weighted by atomic mass is 9.86. The van der Waals surface area contributed by atoms with E-state index in [1.165, 1.54) is 12.8 Å². The van der Waals surface area contributed by atoms with Crippen LogP contribution in [0, 0.1) is 11.8 Å². The lowest BCUT2D eigenvalue weighted by molar-refractivity contribution is -0.147. The Kier molecular flexibility index (Phi) is 3.32. The largest absolute Gasteiger partial charge is 0.480 e. The van der Waals surface area contributed by atoms with Gasteiger partial charge in [-0.2, -0.15) is 0 Å². The molecule has 18 heavy (non-hydrogen) atoms. The van der Waals surface area contributed by atoms with Crippen molar-refractivity contribution in [2.75, 3.05) is 13.2 Å². The van der Waals surface area contributed by atoms with E-state index in [1.807, 2.05) is 6.92 Å². The molecule has 0 radical (unpaired) electrons. The van der Waals surface area contributed by atoms with Gasteiger partial charge < -0.3 is 9.84 Å². The fourth-order valence-corrected chi connectivity index (χ4v) is 4.22. The van der Waals surface area contributed by atoms with Gasteiger partial charge in [0.2, 0.25) is 0 Å². The van der Waals surface area contributed by atoms with Gasteiger partial charge in [-0.05, 0) is 44.4 Å². The number of carbonyl (C=O) groups is 1. The number of fused-ring (bicyclic) bond motifs is 1. The standard InChI is InChI=1S/C14H23NO3/c1-2-18-11-6-10(7-11)15-8-9-4-3-5-12(9)13(15)14(16)17/h9-13H,2-8H2,1H3,(H,16,17). The minimum absolute atomic E-state index is 0.218. The molecule has 3 fully saturated rings. The van der Waals surface area contributed by atoms with E-state index >= 15 is 0 Å². The van der Waals surface area contributed by atoms with Crippen LogP contribution < -0.4 is 0 Å². The molecule has 2 saturated carbocycles. The highest BCUT2D eigenvalue weighted by molar-refractivity contribution is 5.74. The third kappa shape index (κ3) is 1.95. The highest BCUT2D eigenvalue weighted by atomic mass is 16.5. The van der Waals surface area contributed by atoms with Crippen LogP contribution in [0.1, 0.15) is 39.0 Å². The fraction of sp³-hybridized carbons (Fsp3) is 0.929.